The summed E-state index contributed by atoms with van der Waals surface area (Å²) in [7, 11) is 1.39. The van der Waals surface area contributed by atoms with Gasteiger partial charge in [-0.05, 0) is 30.5 Å². The van der Waals surface area contributed by atoms with Crippen LogP contribution < -0.4 is 0 Å². The summed E-state index contributed by atoms with van der Waals surface area (Å²) >= 11 is 5.91. The Hall–Kier alpha value is -1.81. The molecule has 2 aromatic rings. The number of imidazole rings is 1. The first-order valence-electron chi connectivity index (χ1n) is 8.46. The lowest BCUT2D eigenvalue weighted by atomic mass is 10.1. The van der Waals surface area contributed by atoms with Gasteiger partial charge in [0.2, 0.25) is 0 Å². The number of aromatic nitrogens is 2. The van der Waals surface area contributed by atoms with Gasteiger partial charge >= 0.3 is 5.97 Å². The molecule has 0 radical (unpaired) electrons. The van der Waals surface area contributed by atoms with E-state index in [2.05, 4.69) is 16.5 Å². The molecule has 0 atom stereocenters. The minimum atomic E-state index is -0.303. The van der Waals surface area contributed by atoms with Crippen molar-refractivity contribution in [3.8, 4) is 0 Å². The third-order valence-electron chi connectivity index (χ3n) is 4.12. The maximum atomic E-state index is 11.5. The van der Waals surface area contributed by atoms with Gasteiger partial charge in [0, 0.05) is 37.2 Å². The minimum absolute atomic E-state index is 0.303. The molecule has 1 aromatic carbocycles. The number of nitrogens with zero attached hydrogens (tertiary/aromatic N) is 2. The lowest BCUT2D eigenvalue weighted by molar-refractivity contribution is 0.0600. The number of hydrogen-bond donors (Lipinski definition) is 0. The van der Waals surface area contributed by atoms with Crippen LogP contribution in [0.2, 0.25) is 0 Å². The van der Waals surface area contributed by atoms with E-state index in [1.165, 1.54) is 18.4 Å². The van der Waals surface area contributed by atoms with E-state index in [-0.39, 0.29) is 5.97 Å². The molecule has 0 spiro atoms. The number of rotatable bonds is 9. The Kier molecular flexibility index (Phi) is 7.32. The maximum absolute atomic E-state index is 11.5. The molecule has 0 N–H and O–H groups in total. The topological polar surface area (TPSA) is 44.1 Å². The fraction of sp³-hybridized carbons (Fsp3) is 0.474. The molecule has 0 fully saturated rings. The molecule has 130 valence electrons. The van der Waals surface area contributed by atoms with Crippen LogP contribution in [0, 0.1) is 0 Å². The predicted octanol–water partition coefficient (Wildman–Crippen LogP) is 4.04. The summed E-state index contributed by atoms with van der Waals surface area (Å²) in [5.41, 5.74) is 2.97. The van der Waals surface area contributed by atoms with Crippen LogP contribution in [0.15, 0.2) is 30.5 Å². The SMILES string of the molecule is CCCCc1ncc(CCCl)n1CCc1ccc(C(=O)OC)cc1. The van der Waals surface area contributed by atoms with Crippen molar-refractivity contribution in [3.05, 3.63) is 53.1 Å². The van der Waals surface area contributed by atoms with Gasteiger partial charge in [0.25, 0.3) is 0 Å². The number of halogens is 1. The van der Waals surface area contributed by atoms with E-state index in [0.29, 0.717) is 11.4 Å². The Bertz CT molecular complexity index is 650. The van der Waals surface area contributed by atoms with Gasteiger partial charge in [-0.1, -0.05) is 25.5 Å². The Morgan fingerprint density at radius 2 is 1.96 bits per heavy atom. The first-order valence-corrected chi connectivity index (χ1v) is 8.99. The third-order valence-corrected chi connectivity index (χ3v) is 4.31. The maximum Gasteiger partial charge on any atom is 0.337 e. The average molecular weight is 349 g/mol. The van der Waals surface area contributed by atoms with Crippen molar-refractivity contribution in [1.82, 2.24) is 9.55 Å². The van der Waals surface area contributed by atoms with Crippen LogP contribution in [0.1, 0.15) is 47.2 Å². The Morgan fingerprint density at radius 3 is 2.58 bits per heavy atom. The van der Waals surface area contributed by atoms with E-state index in [1.54, 1.807) is 0 Å². The fourth-order valence-corrected chi connectivity index (χ4v) is 2.92. The number of aryl methyl sites for hydroxylation is 3. The number of alkyl halides is 1. The summed E-state index contributed by atoms with van der Waals surface area (Å²) in [5, 5.41) is 0. The lowest BCUT2D eigenvalue weighted by Gasteiger charge is -2.12. The van der Waals surface area contributed by atoms with E-state index in [9.17, 15) is 4.79 Å². The van der Waals surface area contributed by atoms with Crippen molar-refractivity contribution in [2.45, 2.75) is 45.6 Å². The van der Waals surface area contributed by atoms with Crippen molar-refractivity contribution in [2.75, 3.05) is 13.0 Å². The number of esters is 1. The first-order chi connectivity index (χ1) is 11.7. The molecule has 0 bridgehead atoms. The molecule has 4 nitrogen and oxygen atoms in total. The number of methoxy groups -OCH3 is 1. The molecule has 1 heterocycles. The minimum Gasteiger partial charge on any atom is -0.465 e. The number of hydrogen-bond acceptors (Lipinski definition) is 3. The van der Waals surface area contributed by atoms with Crippen molar-refractivity contribution in [2.24, 2.45) is 0 Å². The van der Waals surface area contributed by atoms with Gasteiger partial charge in [-0.25, -0.2) is 9.78 Å². The van der Waals surface area contributed by atoms with Crippen molar-refractivity contribution >= 4 is 17.6 Å². The van der Waals surface area contributed by atoms with Crippen molar-refractivity contribution in [3.63, 3.8) is 0 Å². The summed E-state index contributed by atoms with van der Waals surface area (Å²) in [6.45, 7) is 3.07. The largest absolute Gasteiger partial charge is 0.465 e. The second-order valence-electron chi connectivity index (χ2n) is 5.80. The van der Waals surface area contributed by atoms with Gasteiger partial charge in [0.15, 0.2) is 0 Å². The van der Waals surface area contributed by atoms with E-state index in [4.69, 9.17) is 16.3 Å². The van der Waals surface area contributed by atoms with Crippen LogP contribution in [0.5, 0.6) is 0 Å². The normalized spacial score (nSPS) is 10.8. The predicted molar refractivity (Wildman–Crippen MR) is 96.7 cm³/mol. The number of carbonyl (C=O) groups is 1. The summed E-state index contributed by atoms with van der Waals surface area (Å²) in [4.78, 5) is 16.1. The fourth-order valence-electron chi connectivity index (χ4n) is 2.72. The zero-order valence-electron chi connectivity index (χ0n) is 14.4. The first kappa shape index (κ1) is 18.5. The zero-order valence-corrected chi connectivity index (χ0v) is 15.2. The second kappa shape index (κ2) is 9.48. The number of unbranched alkanes of at least 4 members (excludes halogenated alkanes) is 1. The number of carbonyl (C=O) groups excluding carboxylic acids is 1. The van der Waals surface area contributed by atoms with Crippen molar-refractivity contribution in [1.29, 1.82) is 0 Å². The quantitative estimate of drug-likeness (QED) is 0.507. The third kappa shape index (κ3) is 4.84. The highest BCUT2D eigenvalue weighted by Crippen LogP contribution is 2.13. The molecule has 0 amide bonds. The van der Waals surface area contributed by atoms with Crippen LogP contribution in [0.25, 0.3) is 0 Å². The standard InChI is InChI=1S/C19H25ClN2O2/c1-3-4-5-18-21-14-17(10-12-20)22(18)13-11-15-6-8-16(9-7-15)19(23)24-2/h6-9,14H,3-5,10-13H2,1-2H3. The van der Waals surface area contributed by atoms with E-state index in [0.717, 1.165) is 44.5 Å². The molecule has 0 aliphatic heterocycles. The molecule has 0 aliphatic carbocycles. The van der Waals surface area contributed by atoms with E-state index in [1.807, 2.05) is 30.5 Å². The smallest absolute Gasteiger partial charge is 0.337 e. The highest BCUT2D eigenvalue weighted by atomic mass is 35.5. The second-order valence-corrected chi connectivity index (χ2v) is 6.18. The molecule has 2 rings (SSSR count). The summed E-state index contributed by atoms with van der Waals surface area (Å²) in [6.07, 6.45) is 6.99. The average Bonchev–Trinajstić information content (AvgIpc) is 3.00. The summed E-state index contributed by atoms with van der Waals surface area (Å²) in [6, 6.07) is 7.59. The van der Waals surface area contributed by atoms with Gasteiger partial charge in [0.1, 0.15) is 5.82 Å². The van der Waals surface area contributed by atoms with E-state index < -0.39 is 0 Å². The molecule has 0 aliphatic rings. The zero-order chi connectivity index (χ0) is 17.4. The van der Waals surface area contributed by atoms with Gasteiger partial charge in [0.05, 0.1) is 12.7 Å². The Balaban J connectivity index is 2.06. The molecular formula is C19H25ClN2O2. The molecule has 24 heavy (non-hydrogen) atoms. The van der Waals surface area contributed by atoms with Crippen LogP contribution in [0.3, 0.4) is 0 Å². The molecular weight excluding hydrogens is 324 g/mol. The molecule has 1 aromatic heterocycles. The molecule has 0 saturated carbocycles. The summed E-state index contributed by atoms with van der Waals surface area (Å²) < 4.78 is 7.02. The Labute approximate surface area is 148 Å². The Morgan fingerprint density at radius 1 is 1.21 bits per heavy atom. The van der Waals surface area contributed by atoms with Crippen LogP contribution in [-0.2, 0) is 30.5 Å². The van der Waals surface area contributed by atoms with Crippen molar-refractivity contribution < 1.29 is 9.53 Å². The molecule has 0 unspecified atom stereocenters. The van der Waals surface area contributed by atoms with Gasteiger partial charge in [-0.3, -0.25) is 0 Å². The number of benzene rings is 1. The van der Waals surface area contributed by atoms with Gasteiger partial charge < -0.3 is 9.30 Å². The lowest BCUT2D eigenvalue weighted by Crippen LogP contribution is -2.10. The van der Waals surface area contributed by atoms with Gasteiger partial charge in [-0.15, -0.1) is 11.6 Å². The highest BCUT2D eigenvalue weighted by Gasteiger charge is 2.10. The molecule has 0 saturated heterocycles. The van der Waals surface area contributed by atoms with Crippen LogP contribution in [-0.4, -0.2) is 28.5 Å². The number of ether oxygens (including phenoxy) is 1. The highest BCUT2D eigenvalue weighted by molar-refractivity contribution is 6.17. The molecule has 5 heteroatoms. The van der Waals surface area contributed by atoms with Gasteiger partial charge in [-0.2, -0.15) is 0 Å². The monoisotopic (exact) mass is 348 g/mol. The van der Waals surface area contributed by atoms with Crippen LogP contribution >= 0.6 is 11.6 Å². The summed E-state index contributed by atoms with van der Waals surface area (Å²) in [5.74, 6) is 1.44. The van der Waals surface area contributed by atoms with E-state index >= 15 is 0 Å². The van der Waals surface area contributed by atoms with Crippen LogP contribution in [0.4, 0.5) is 0 Å².